The number of methoxy groups -OCH3 is 1. The molecule has 0 amide bonds. The van der Waals surface area contributed by atoms with Crippen LogP contribution in [0.2, 0.25) is 5.02 Å². The molecule has 16 heavy (non-hydrogen) atoms. The Morgan fingerprint density at radius 1 is 1.25 bits per heavy atom. The molecule has 82 valence electrons. The van der Waals surface area contributed by atoms with Crippen LogP contribution >= 0.6 is 11.6 Å². The first-order valence-electron chi connectivity index (χ1n) is 4.84. The maximum absolute atomic E-state index is 6.10. The highest BCUT2D eigenvalue weighted by atomic mass is 35.5. The number of halogens is 1. The number of hydrogen-bond donors (Lipinski definition) is 0. The van der Waals surface area contributed by atoms with E-state index in [1.54, 1.807) is 25.4 Å². The minimum absolute atomic E-state index is 0.550. The van der Waals surface area contributed by atoms with Gasteiger partial charge in [-0.3, -0.25) is 4.98 Å². The molecule has 0 saturated carbocycles. The number of hydrogen-bond acceptors (Lipinski definition) is 3. The van der Waals surface area contributed by atoms with E-state index in [0.717, 1.165) is 11.3 Å². The van der Waals surface area contributed by atoms with Gasteiger partial charge >= 0.3 is 0 Å². The molecule has 0 aliphatic rings. The second-order valence-electron chi connectivity index (χ2n) is 3.37. The number of nitrogens with zero attached hydrogens (tertiary/aromatic N) is 2. The van der Waals surface area contributed by atoms with Crippen molar-refractivity contribution in [2.75, 3.05) is 7.11 Å². The Morgan fingerprint density at radius 3 is 2.75 bits per heavy atom. The van der Waals surface area contributed by atoms with Crippen molar-refractivity contribution in [3.8, 4) is 17.1 Å². The maximum Gasteiger partial charge on any atom is 0.213 e. The lowest BCUT2D eigenvalue weighted by Crippen LogP contribution is -1.92. The molecule has 0 atom stereocenters. The second kappa shape index (κ2) is 4.49. The summed E-state index contributed by atoms with van der Waals surface area (Å²) in [6, 6.07) is 7.33. The maximum atomic E-state index is 6.10. The molecular weight excluding hydrogens is 224 g/mol. The van der Waals surface area contributed by atoms with Crippen molar-refractivity contribution in [1.82, 2.24) is 9.97 Å². The molecule has 2 aromatic rings. The van der Waals surface area contributed by atoms with E-state index >= 15 is 0 Å². The second-order valence-corrected chi connectivity index (χ2v) is 3.78. The summed E-state index contributed by atoms with van der Waals surface area (Å²) in [6.45, 7) is 1.93. The van der Waals surface area contributed by atoms with Gasteiger partial charge in [-0.25, -0.2) is 4.98 Å². The molecule has 4 heteroatoms. The van der Waals surface area contributed by atoms with E-state index in [1.165, 1.54) is 0 Å². The van der Waals surface area contributed by atoms with Crippen LogP contribution in [0.1, 0.15) is 5.69 Å². The molecule has 0 fully saturated rings. The van der Waals surface area contributed by atoms with Gasteiger partial charge in [0, 0.05) is 23.5 Å². The number of pyridine rings is 2. The Kier molecular flexibility index (Phi) is 3.06. The molecule has 2 rings (SSSR count). The summed E-state index contributed by atoms with van der Waals surface area (Å²) in [4.78, 5) is 8.46. The number of aromatic nitrogens is 2. The Labute approximate surface area is 99.1 Å². The third-order valence-corrected chi connectivity index (χ3v) is 2.50. The van der Waals surface area contributed by atoms with Crippen LogP contribution in [0.4, 0.5) is 0 Å². The first-order chi connectivity index (χ1) is 7.70. The largest absolute Gasteiger partial charge is 0.481 e. The van der Waals surface area contributed by atoms with Crippen molar-refractivity contribution >= 4 is 11.6 Å². The molecule has 0 unspecified atom stereocenters. The summed E-state index contributed by atoms with van der Waals surface area (Å²) in [5.41, 5.74) is 2.58. The number of aryl methyl sites for hydroxylation is 1. The Hall–Kier alpha value is -1.61. The van der Waals surface area contributed by atoms with Crippen molar-refractivity contribution in [1.29, 1.82) is 0 Å². The SMILES string of the molecule is COc1ccc(Cl)c(-c2ccnc(C)c2)n1. The van der Waals surface area contributed by atoms with Crippen molar-refractivity contribution in [2.24, 2.45) is 0 Å². The van der Waals surface area contributed by atoms with Crippen LogP contribution in [-0.2, 0) is 0 Å². The number of ether oxygens (including phenoxy) is 1. The summed E-state index contributed by atoms with van der Waals surface area (Å²) >= 11 is 6.10. The molecule has 0 spiro atoms. The molecule has 0 aliphatic heterocycles. The Bertz CT molecular complexity index is 514. The zero-order valence-corrected chi connectivity index (χ0v) is 9.82. The minimum Gasteiger partial charge on any atom is -0.481 e. The van der Waals surface area contributed by atoms with Gasteiger partial charge in [0.1, 0.15) is 0 Å². The molecular formula is C12H11ClN2O. The monoisotopic (exact) mass is 234 g/mol. The van der Waals surface area contributed by atoms with E-state index in [2.05, 4.69) is 9.97 Å². The fourth-order valence-corrected chi connectivity index (χ4v) is 1.65. The predicted octanol–water partition coefficient (Wildman–Crippen LogP) is 3.11. The van der Waals surface area contributed by atoms with Crippen LogP contribution in [0.15, 0.2) is 30.5 Å². The first kappa shape index (κ1) is 10.9. The average molecular weight is 235 g/mol. The summed E-state index contributed by atoms with van der Waals surface area (Å²) in [5.74, 6) is 0.550. The Morgan fingerprint density at radius 2 is 2.06 bits per heavy atom. The third kappa shape index (κ3) is 2.14. The third-order valence-electron chi connectivity index (χ3n) is 2.20. The highest BCUT2D eigenvalue weighted by Crippen LogP contribution is 2.27. The standard InChI is InChI=1S/C12H11ClN2O/c1-8-7-9(5-6-14-8)12-10(13)3-4-11(15-12)16-2/h3-7H,1-2H3. The normalized spacial score (nSPS) is 10.2. The van der Waals surface area contributed by atoms with Crippen LogP contribution in [0.5, 0.6) is 5.88 Å². The summed E-state index contributed by atoms with van der Waals surface area (Å²) in [7, 11) is 1.58. The van der Waals surface area contributed by atoms with E-state index in [-0.39, 0.29) is 0 Å². The van der Waals surface area contributed by atoms with Crippen LogP contribution in [0, 0.1) is 6.92 Å². The van der Waals surface area contributed by atoms with Crippen molar-refractivity contribution < 1.29 is 4.74 Å². The van der Waals surface area contributed by atoms with Crippen LogP contribution in [0.25, 0.3) is 11.3 Å². The van der Waals surface area contributed by atoms with Gasteiger partial charge in [-0.15, -0.1) is 0 Å². The topological polar surface area (TPSA) is 35.0 Å². The van der Waals surface area contributed by atoms with E-state index in [4.69, 9.17) is 16.3 Å². The van der Waals surface area contributed by atoms with Crippen LogP contribution < -0.4 is 4.74 Å². The fourth-order valence-electron chi connectivity index (χ4n) is 1.43. The molecule has 3 nitrogen and oxygen atoms in total. The van der Waals surface area contributed by atoms with Crippen LogP contribution in [-0.4, -0.2) is 17.1 Å². The van der Waals surface area contributed by atoms with E-state index in [9.17, 15) is 0 Å². The van der Waals surface area contributed by atoms with Gasteiger partial charge < -0.3 is 4.74 Å². The lowest BCUT2D eigenvalue weighted by Gasteiger charge is -2.06. The van der Waals surface area contributed by atoms with Crippen molar-refractivity contribution in [3.05, 3.63) is 41.2 Å². The quantitative estimate of drug-likeness (QED) is 0.801. The minimum atomic E-state index is 0.550. The van der Waals surface area contributed by atoms with Gasteiger partial charge in [0.05, 0.1) is 17.8 Å². The lowest BCUT2D eigenvalue weighted by molar-refractivity contribution is 0.398. The lowest BCUT2D eigenvalue weighted by atomic mass is 10.1. The zero-order valence-electron chi connectivity index (χ0n) is 9.07. The molecule has 0 N–H and O–H groups in total. The van der Waals surface area contributed by atoms with Crippen molar-refractivity contribution in [3.63, 3.8) is 0 Å². The van der Waals surface area contributed by atoms with Gasteiger partial charge in [-0.1, -0.05) is 11.6 Å². The van der Waals surface area contributed by atoms with E-state index in [0.29, 0.717) is 16.6 Å². The fraction of sp³-hybridized carbons (Fsp3) is 0.167. The highest BCUT2D eigenvalue weighted by molar-refractivity contribution is 6.33. The summed E-state index contributed by atoms with van der Waals surface area (Å²) in [5, 5.41) is 0.603. The molecule has 0 radical (unpaired) electrons. The molecule has 0 aliphatic carbocycles. The van der Waals surface area contributed by atoms with Crippen LogP contribution in [0.3, 0.4) is 0 Å². The molecule has 2 aromatic heterocycles. The van der Waals surface area contributed by atoms with Gasteiger partial charge in [0.2, 0.25) is 5.88 Å². The van der Waals surface area contributed by atoms with Gasteiger partial charge in [-0.05, 0) is 25.1 Å². The molecule has 0 bridgehead atoms. The van der Waals surface area contributed by atoms with Gasteiger partial charge in [-0.2, -0.15) is 0 Å². The molecule has 2 heterocycles. The van der Waals surface area contributed by atoms with Crippen molar-refractivity contribution in [2.45, 2.75) is 6.92 Å². The summed E-state index contributed by atoms with van der Waals surface area (Å²) < 4.78 is 5.08. The van der Waals surface area contributed by atoms with E-state index in [1.807, 2.05) is 19.1 Å². The van der Waals surface area contributed by atoms with Gasteiger partial charge in [0.25, 0.3) is 0 Å². The van der Waals surface area contributed by atoms with Gasteiger partial charge in [0.15, 0.2) is 0 Å². The Balaban J connectivity index is 2.54. The summed E-state index contributed by atoms with van der Waals surface area (Å²) in [6.07, 6.45) is 1.74. The molecule has 0 aromatic carbocycles. The average Bonchev–Trinajstić information content (AvgIpc) is 2.30. The predicted molar refractivity (Wildman–Crippen MR) is 63.8 cm³/mol. The zero-order chi connectivity index (χ0) is 11.5. The smallest absolute Gasteiger partial charge is 0.213 e. The highest BCUT2D eigenvalue weighted by Gasteiger charge is 2.07. The van der Waals surface area contributed by atoms with E-state index < -0.39 is 0 Å². The first-order valence-corrected chi connectivity index (χ1v) is 5.22. The molecule has 0 saturated heterocycles. The number of rotatable bonds is 2.